The maximum absolute atomic E-state index is 13.1. The summed E-state index contributed by atoms with van der Waals surface area (Å²) in [5, 5.41) is 0.0627. The SMILES string of the molecule is Cc1ccc(F)cc1CC1COCC1Cl. The van der Waals surface area contributed by atoms with Crippen LogP contribution in [-0.4, -0.2) is 18.6 Å². The Morgan fingerprint density at radius 3 is 2.93 bits per heavy atom. The Hall–Kier alpha value is -0.600. The molecule has 1 aliphatic rings. The molecule has 1 saturated heterocycles. The smallest absolute Gasteiger partial charge is 0.123 e. The second kappa shape index (κ2) is 4.50. The summed E-state index contributed by atoms with van der Waals surface area (Å²) < 4.78 is 18.3. The molecule has 15 heavy (non-hydrogen) atoms. The molecule has 0 bridgehead atoms. The van der Waals surface area contributed by atoms with E-state index >= 15 is 0 Å². The monoisotopic (exact) mass is 228 g/mol. The first kappa shape index (κ1) is 10.9. The normalized spacial score (nSPS) is 25.8. The number of halogens is 2. The Labute approximate surface area is 94.2 Å². The molecule has 0 aliphatic carbocycles. The molecule has 2 unspecified atom stereocenters. The second-order valence-electron chi connectivity index (χ2n) is 4.09. The Kier molecular flexibility index (Phi) is 3.27. The Balaban J connectivity index is 2.12. The van der Waals surface area contributed by atoms with Gasteiger partial charge >= 0.3 is 0 Å². The fourth-order valence-electron chi connectivity index (χ4n) is 1.90. The van der Waals surface area contributed by atoms with Crippen LogP contribution in [0.4, 0.5) is 4.39 Å². The maximum atomic E-state index is 13.1. The molecule has 82 valence electrons. The van der Waals surface area contributed by atoms with Crippen LogP contribution in [0.2, 0.25) is 0 Å². The van der Waals surface area contributed by atoms with Crippen LogP contribution in [0.3, 0.4) is 0 Å². The van der Waals surface area contributed by atoms with Crippen LogP contribution in [0.15, 0.2) is 18.2 Å². The van der Waals surface area contributed by atoms with E-state index in [-0.39, 0.29) is 11.2 Å². The van der Waals surface area contributed by atoms with E-state index in [4.69, 9.17) is 16.3 Å². The molecular weight excluding hydrogens is 215 g/mol. The summed E-state index contributed by atoms with van der Waals surface area (Å²) in [6, 6.07) is 4.89. The first-order valence-electron chi connectivity index (χ1n) is 5.13. The largest absolute Gasteiger partial charge is 0.380 e. The van der Waals surface area contributed by atoms with Crippen molar-refractivity contribution in [2.75, 3.05) is 13.2 Å². The summed E-state index contributed by atoms with van der Waals surface area (Å²) in [5.74, 6) is 0.132. The van der Waals surface area contributed by atoms with Crippen molar-refractivity contribution >= 4 is 11.6 Å². The highest BCUT2D eigenvalue weighted by Crippen LogP contribution is 2.25. The van der Waals surface area contributed by atoms with Crippen LogP contribution in [0, 0.1) is 18.7 Å². The summed E-state index contributed by atoms with van der Waals surface area (Å²) in [4.78, 5) is 0. The van der Waals surface area contributed by atoms with Crippen molar-refractivity contribution in [2.24, 2.45) is 5.92 Å². The number of hydrogen-bond acceptors (Lipinski definition) is 1. The molecule has 2 rings (SSSR count). The number of benzene rings is 1. The fourth-order valence-corrected chi connectivity index (χ4v) is 2.15. The van der Waals surface area contributed by atoms with Gasteiger partial charge in [0, 0.05) is 5.92 Å². The van der Waals surface area contributed by atoms with E-state index in [0.29, 0.717) is 19.1 Å². The summed E-state index contributed by atoms with van der Waals surface area (Å²) in [5.41, 5.74) is 2.16. The first-order valence-corrected chi connectivity index (χ1v) is 5.57. The minimum absolute atomic E-state index is 0.0627. The van der Waals surface area contributed by atoms with Crippen molar-refractivity contribution < 1.29 is 9.13 Å². The standard InChI is InChI=1S/C12H14ClFO/c1-8-2-3-11(14)5-9(8)4-10-6-15-7-12(10)13/h2-3,5,10,12H,4,6-7H2,1H3. The quantitative estimate of drug-likeness (QED) is 0.708. The van der Waals surface area contributed by atoms with Crippen molar-refractivity contribution in [1.82, 2.24) is 0 Å². The van der Waals surface area contributed by atoms with Gasteiger partial charge in [-0.25, -0.2) is 4.39 Å². The van der Waals surface area contributed by atoms with Crippen LogP contribution in [0.5, 0.6) is 0 Å². The van der Waals surface area contributed by atoms with Crippen LogP contribution in [0.1, 0.15) is 11.1 Å². The van der Waals surface area contributed by atoms with Gasteiger partial charge in [-0.15, -0.1) is 11.6 Å². The summed E-state index contributed by atoms with van der Waals surface area (Å²) >= 11 is 6.10. The predicted octanol–water partition coefficient (Wildman–Crippen LogP) is 2.93. The number of rotatable bonds is 2. The zero-order valence-corrected chi connectivity index (χ0v) is 9.43. The molecule has 1 heterocycles. The van der Waals surface area contributed by atoms with Gasteiger partial charge in [-0.1, -0.05) is 6.07 Å². The van der Waals surface area contributed by atoms with Gasteiger partial charge in [0.05, 0.1) is 18.6 Å². The van der Waals surface area contributed by atoms with Crippen molar-refractivity contribution in [3.63, 3.8) is 0 Å². The predicted molar refractivity (Wildman–Crippen MR) is 58.8 cm³/mol. The Morgan fingerprint density at radius 1 is 1.47 bits per heavy atom. The van der Waals surface area contributed by atoms with E-state index in [9.17, 15) is 4.39 Å². The lowest BCUT2D eigenvalue weighted by Crippen LogP contribution is -2.15. The zero-order valence-electron chi connectivity index (χ0n) is 8.67. The van der Waals surface area contributed by atoms with Crippen LogP contribution >= 0.6 is 11.6 Å². The molecule has 1 aromatic carbocycles. The lowest BCUT2D eigenvalue weighted by Gasteiger charge is -2.13. The molecule has 1 aromatic rings. The van der Waals surface area contributed by atoms with Gasteiger partial charge in [0.15, 0.2) is 0 Å². The highest BCUT2D eigenvalue weighted by atomic mass is 35.5. The minimum atomic E-state index is -0.180. The van der Waals surface area contributed by atoms with E-state index in [0.717, 1.165) is 17.5 Å². The van der Waals surface area contributed by atoms with Crippen molar-refractivity contribution in [3.8, 4) is 0 Å². The van der Waals surface area contributed by atoms with E-state index in [1.165, 1.54) is 6.07 Å². The summed E-state index contributed by atoms with van der Waals surface area (Å²) in [6.45, 7) is 3.29. The Morgan fingerprint density at radius 2 is 2.27 bits per heavy atom. The third kappa shape index (κ3) is 2.50. The number of hydrogen-bond donors (Lipinski definition) is 0. The molecule has 0 spiro atoms. The van der Waals surface area contributed by atoms with Gasteiger partial charge in [-0.2, -0.15) is 0 Å². The molecule has 0 saturated carbocycles. The zero-order chi connectivity index (χ0) is 10.8. The Bertz CT molecular complexity index is 353. The third-order valence-corrected chi connectivity index (χ3v) is 3.40. The van der Waals surface area contributed by atoms with Crippen molar-refractivity contribution in [3.05, 3.63) is 35.1 Å². The highest BCUT2D eigenvalue weighted by molar-refractivity contribution is 6.21. The minimum Gasteiger partial charge on any atom is -0.380 e. The molecule has 0 N–H and O–H groups in total. The van der Waals surface area contributed by atoms with E-state index in [1.54, 1.807) is 6.07 Å². The van der Waals surface area contributed by atoms with Gasteiger partial charge in [-0.05, 0) is 36.6 Å². The third-order valence-electron chi connectivity index (χ3n) is 2.91. The molecule has 0 amide bonds. The number of aryl methyl sites for hydroxylation is 1. The van der Waals surface area contributed by atoms with Gasteiger partial charge in [0.25, 0.3) is 0 Å². The molecular formula is C12H14ClFO. The average molecular weight is 229 g/mol. The molecule has 1 fully saturated rings. The molecule has 1 aliphatic heterocycles. The van der Waals surface area contributed by atoms with E-state index < -0.39 is 0 Å². The summed E-state index contributed by atoms with van der Waals surface area (Å²) in [7, 11) is 0. The second-order valence-corrected chi connectivity index (χ2v) is 4.65. The maximum Gasteiger partial charge on any atom is 0.123 e. The molecule has 0 radical (unpaired) electrons. The van der Waals surface area contributed by atoms with E-state index in [2.05, 4.69) is 0 Å². The summed E-state index contributed by atoms with van der Waals surface area (Å²) in [6.07, 6.45) is 0.803. The average Bonchev–Trinajstić information content (AvgIpc) is 2.58. The van der Waals surface area contributed by atoms with Gasteiger partial charge in [-0.3, -0.25) is 0 Å². The number of alkyl halides is 1. The van der Waals surface area contributed by atoms with Crippen molar-refractivity contribution in [1.29, 1.82) is 0 Å². The molecule has 0 aromatic heterocycles. The van der Waals surface area contributed by atoms with Gasteiger partial charge < -0.3 is 4.74 Å². The van der Waals surface area contributed by atoms with Gasteiger partial charge in [0.1, 0.15) is 5.82 Å². The molecule has 1 nitrogen and oxygen atoms in total. The molecule has 3 heteroatoms. The van der Waals surface area contributed by atoms with Crippen molar-refractivity contribution in [2.45, 2.75) is 18.7 Å². The molecule has 2 atom stereocenters. The number of ether oxygens (including phenoxy) is 1. The highest BCUT2D eigenvalue weighted by Gasteiger charge is 2.26. The lowest BCUT2D eigenvalue weighted by atomic mass is 9.95. The van der Waals surface area contributed by atoms with Crippen LogP contribution < -0.4 is 0 Å². The van der Waals surface area contributed by atoms with Crippen LogP contribution in [0.25, 0.3) is 0 Å². The van der Waals surface area contributed by atoms with E-state index in [1.807, 2.05) is 13.0 Å². The first-order chi connectivity index (χ1) is 7.16. The van der Waals surface area contributed by atoms with Gasteiger partial charge in [0.2, 0.25) is 0 Å². The van der Waals surface area contributed by atoms with Crippen LogP contribution in [-0.2, 0) is 11.2 Å². The lowest BCUT2D eigenvalue weighted by molar-refractivity contribution is 0.186. The topological polar surface area (TPSA) is 9.23 Å². The fraction of sp³-hybridized carbons (Fsp3) is 0.500.